The highest BCUT2D eigenvalue weighted by molar-refractivity contribution is 5.95. The number of nitrogens with one attached hydrogen (secondary N) is 1. The second-order valence-corrected chi connectivity index (χ2v) is 4.62. The first-order chi connectivity index (χ1) is 10.0. The van der Waals surface area contributed by atoms with Crippen molar-refractivity contribution in [2.75, 3.05) is 5.32 Å². The molecule has 2 aromatic carbocycles. The second kappa shape index (κ2) is 6.06. The van der Waals surface area contributed by atoms with Crippen LogP contribution in [-0.4, -0.2) is 5.91 Å². The van der Waals surface area contributed by atoms with Gasteiger partial charge in [0.15, 0.2) is 0 Å². The van der Waals surface area contributed by atoms with E-state index in [1.165, 1.54) is 12.1 Å². The second-order valence-electron chi connectivity index (χ2n) is 4.62. The Labute approximate surface area is 122 Å². The van der Waals surface area contributed by atoms with Gasteiger partial charge in [0.2, 0.25) is 5.91 Å². The summed E-state index contributed by atoms with van der Waals surface area (Å²) >= 11 is 0. The Bertz CT molecular complexity index is 735. The van der Waals surface area contributed by atoms with Crippen molar-refractivity contribution in [1.82, 2.24) is 0 Å². The smallest absolute Gasteiger partial charge is 0.249 e. The molecule has 2 rings (SSSR count). The van der Waals surface area contributed by atoms with Crippen LogP contribution in [0.3, 0.4) is 0 Å². The number of nitrogens with zero attached hydrogens (tertiary/aromatic N) is 1. The van der Waals surface area contributed by atoms with Crippen molar-refractivity contribution in [1.29, 1.82) is 5.26 Å². The first-order valence-corrected chi connectivity index (χ1v) is 6.34. The Hall–Kier alpha value is -2.87. The Balaban J connectivity index is 2.19. The molecule has 0 saturated heterocycles. The molecule has 0 aliphatic heterocycles. The minimum Gasteiger partial charge on any atom is -0.381 e. The van der Waals surface area contributed by atoms with Crippen molar-refractivity contribution in [3.05, 3.63) is 64.5 Å². The topological polar surface area (TPSA) is 78.9 Å². The van der Waals surface area contributed by atoms with Crippen LogP contribution in [-0.2, 0) is 6.54 Å². The molecule has 0 spiro atoms. The van der Waals surface area contributed by atoms with Crippen LogP contribution in [0.4, 0.5) is 10.1 Å². The van der Waals surface area contributed by atoms with E-state index in [4.69, 9.17) is 11.0 Å². The summed E-state index contributed by atoms with van der Waals surface area (Å²) in [6.07, 6.45) is 0. The number of rotatable bonds is 4. The third-order valence-electron chi connectivity index (χ3n) is 3.23. The summed E-state index contributed by atoms with van der Waals surface area (Å²) in [5, 5.41) is 12.0. The summed E-state index contributed by atoms with van der Waals surface area (Å²) in [5.41, 5.74) is 8.07. The van der Waals surface area contributed by atoms with Gasteiger partial charge in [-0.1, -0.05) is 12.1 Å². The quantitative estimate of drug-likeness (QED) is 0.905. The highest BCUT2D eigenvalue weighted by atomic mass is 19.1. The number of carbonyl (C=O) groups is 1. The Morgan fingerprint density at radius 1 is 1.38 bits per heavy atom. The zero-order valence-corrected chi connectivity index (χ0v) is 11.5. The standard InChI is InChI=1S/C16H14FN3O/c1-10-13(16(19)21)3-2-4-15(10)20-9-11-5-6-14(17)12(7-11)8-18/h2-7,20H,9H2,1H3,(H2,19,21). The fourth-order valence-electron chi connectivity index (χ4n) is 2.06. The van der Waals surface area contributed by atoms with Gasteiger partial charge in [0, 0.05) is 17.8 Å². The molecule has 0 fully saturated rings. The Morgan fingerprint density at radius 3 is 2.81 bits per heavy atom. The lowest BCUT2D eigenvalue weighted by molar-refractivity contribution is 0.1000. The average molecular weight is 283 g/mol. The number of hydrogen-bond donors (Lipinski definition) is 2. The van der Waals surface area contributed by atoms with Crippen molar-refractivity contribution >= 4 is 11.6 Å². The van der Waals surface area contributed by atoms with Crippen LogP contribution in [0.5, 0.6) is 0 Å². The maximum absolute atomic E-state index is 13.2. The van der Waals surface area contributed by atoms with E-state index >= 15 is 0 Å². The van der Waals surface area contributed by atoms with Crippen molar-refractivity contribution in [3.8, 4) is 6.07 Å². The number of carbonyl (C=O) groups excluding carboxylic acids is 1. The summed E-state index contributed by atoms with van der Waals surface area (Å²) in [6, 6.07) is 11.4. The zero-order chi connectivity index (χ0) is 15.4. The van der Waals surface area contributed by atoms with E-state index in [-0.39, 0.29) is 5.56 Å². The van der Waals surface area contributed by atoms with Crippen LogP contribution in [0.1, 0.15) is 27.0 Å². The predicted molar refractivity (Wildman–Crippen MR) is 78.1 cm³/mol. The van der Waals surface area contributed by atoms with Gasteiger partial charge in [0.25, 0.3) is 0 Å². The van der Waals surface area contributed by atoms with Gasteiger partial charge in [-0.2, -0.15) is 5.26 Å². The van der Waals surface area contributed by atoms with Crippen molar-refractivity contribution in [3.63, 3.8) is 0 Å². The Kier molecular flexibility index (Phi) is 4.19. The van der Waals surface area contributed by atoms with Crippen LogP contribution < -0.4 is 11.1 Å². The number of nitriles is 1. The lowest BCUT2D eigenvalue weighted by Gasteiger charge is -2.12. The molecule has 5 heteroatoms. The first kappa shape index (κ1) is 14.5. The molecule has 0 heterocycles. The van der Waals surface area contributed by atoms with Crippen LogP contribution in [0, 0.1) is 24.1 Å². The molecule has 1 amide bonds. The normalized spacial score (nSPS) is 9.95. The number of primary amides is 1. The maximum Gasteiger partial charge on any atom is 0.249 e. The molecule has 21 heavy (non-hydrogen) atoms. The molecule has 0 aliphatic rings. The maximum atomic E-state index is 13.2. The molecule has 3 N–H and O–H groups in total. The molecule has 2 aromatic rings. The fourth-order valence-corrected chi connectivity index (χ4v) is 2.06. The van der Waals surface area contributed by atoms with Crippen LogP contribution in [0.2, 0.25) is 0 Å². The van der Waals surface area contributed by atoms with Crippen molar-refractivity contribution in [2.45, 2.75) is 13.5 Å². The van der Waals surface area contributed by atoms with Crippen molar-refractivity contribution < 1.29 is 9.18 Å². The monoisotopic (exact) mass is 283 g/mol. The van der Waals surface area contributed by atoms with Crippen molar-refractivity contribution in [2.24, 2.45) is 5.73 Å². The van der Waals surface area contributed by atoms with Crippen LogP contribution >= 0.6 is 0 Å². The van der Waals surface area contributed by atoms with Gasteiger partial charge in [-0.05, 0) is 42.3 Å². The van der Waals surface area contributed by atoms with Gasteiger partial charge in [0.1, 0.15) is 11.9 Å². The van der Waals surface area contributed by atoms with E-state index in [9.17, 15) is 9.18 Å². The molecule has 0 bridgehead atoms. The predicted octanol–water partition coefficient (Wildman–Crippen LogP) is 2.72. The number of hydrogen-bond acceptors (Lipinski definition) is 3. The minimum absolute atomic E-state index is 0.0110. The minimum atomic E-state index is -0.534. The van der Waals surface area contributed by atoms with E-state index in [1.54, 1.807) is 31.2 Å². The molecular formula is C16H14FN3O. The van der Waals surface area contributed by atoms with Gasteiger partial charge in [-0.15, -0.1) is 0 Å². The lowest BCUT2D eigenvalue weighted by Crippen LogP contribution is -2.14. The number of nitrogens with two attached hydrogens (primary N) is 1. The van der Waals surface area contributed by atoms with Crippen LogP contribution in [0.15, 0.2) is 36.4 Å². The average Bonchev–Trinajstić information content (AvgIpc) is 2.47. The highest BCUT2D eigenvalue weighted by Gasteiger charge is 2.08. The van der Waals surface area contributed by atoms with Gasteiger partial charge in [-0.3, -0.25) is 4.79 Å². The largest absolute Gasteiger partial charge is 0.381 e. The summed E-state index contributed by atoms with van der Waals surface area (Å²) in [4.78, 5) is 11.3. The lowest BCUT2D eigenvalue weighted by atomic mass is 10.1. The molecule has 106 valence electrons. The van der Waals surface area contributed by atoms with Gasteiger partial charge < -0.3 is 11.1 Å². The molecule has 0 atom stereocenters. The third-order valence-corrected chi connectivity index (χ3v) is 3.23. The summed E-state index contributed by atoms with van der Waals surface area (Å²) in [6.45, 7) is 2.21. The Morgan fingerprint density at radius 2 is 2.14 bits per heavy atom. The SMILES string of the molecule is Cc1c(NCc2ccc(F)c(C#N)c2)cccc1C(N)=O. The summed E-state index contributed by atoms with van der Waals surface area (Å²) in [7, 11) is 0. The van der Waals surface area contributed by atoms with E-state index in [2.05, 4.69) is 5.32 Å². The molecule has 0 saturated carbocycles. The molecular weight excluding hydrogens is 269 g/mol. The molecule has 0 aromatic heterocycles. The third kappa shape index (κ3) is 3.18. The van der Waals surface area contributed by atoms with E-state index in [0.29, 0.717) is 12.1 Å². The number of halogens is 1. The zero-order valence-electron chi connectivity index (χ0n) is 11.5. The molecule has 0 unspecified atom stereocenters. The molecule has 0 aliphatic carbocycles. The summed E-state index contributed by atoms with van der Waals surface area (Å²) in [5.74, 6) is -1.02. The van der Waals surface area contributed by atoms with Gasteiger partial charge >= 0.3 is 0 Å². The molecule has 0 radical (unpaired) electrons. The van der Waals surface area contributed by atoms with Gasteiger partial charge in [-0.25, -0.2) is 4.39 Å². The highest BCUT2D eigenvalue weighted by Crippen LogP contribution is 2.20. The van der Waals surface area contributed by atoms with E-state index < -0.39 is 11.7 Å². The summed E-state index contributed by atoms with van der Waals surface area (Å²) < 4.78 is 13.2. The van der Waals surface area contributed by atoms with Crippen LogP contribution in [0.25, 0.3) is 0 Å². The number of anilines is 1. The number of amides is 1. The number of benzene rings is 2. The van der Waals surface area contributed by atoms with E-state index in [0.717, 1.165) is 16.8 Å². The molecule has 4 nitrogen and oxygen atoms in total. The van der Waals surface area contributed by atoms with Gasteiger partial charge in [0.05, 0.1) is 5.56 Å². The fraction of sp³-hybridized carbons (Fsp3) is 0.125. The van der Waals surface area contributed by atoms with E-state index in [1.807, 2.05) is 6.07 Å². The first-order valence-electron chi connectivity index (χ1n) is 6.34.